The lowest BCUT2D eigenvalue weighted by Gasteiger charge is -2.35. The Labute approximate surface area is 178 Å². The molecule has 2 aromatic carbocycles. The fourth-order valence-electron chi connectivity index (χ4n) is 3.64. The van der Waals surface area contributed by atoms with Crippen LogP contribution in [0.1, 0.15) is 25.3 Å². The Bertz CT molecular complexity index is 781. The standard InChI is InChI=1S/C24H31FN2O3/c1-20(18-26-12-15-29-16-13-26)27(19-21-7-3-2-4-8-21)24(28)11-6-14-30-23-10-5-9-22(25)17-23/h2-5,7-10,17,20H,6,11-16,18-19H2,1H3. The van der Waals surface area contributed by atoms with Gasteiger partial charge >= 0.3 is 0 Å². The van der Waals surface area contributed by atoms with E-state index in [2.05, 4.69) is 24.0 Å². The Morgan fingerprint density at radius 3 is 2.67 bits per heavy atom. The molecular formula is C24H31FN2O3. The van der Waals surface area contributed by atoms with Crippen LogP contribution >= 0.6 is 0 Å². The third kappa shape index (κ3) is 7.11. The van der Waals surface area contributed by atoms with E-state index in [1.165, 1.54) is 12.1 Å². The molecular weight excluding hydrogens is 383 g/mol. The van der Waals surface area contributed by atoms with Crippen LogP contribution in [0.3, 0.4) is 0 Å². The van der Waals surface area contributed by atoms with Gasteiger partial charge in [-0.25, -0.2) is 4.39 Å². The number of hydrogen-bond acceptors (Lipinski definition) is 4. The van der Waals surface area contributed by atoms with Gasteiger partial charge in [0.25, 0.3) is 0 Å². The number of carbonyl (C=O) groups excluding carboxylic acids is 1. The molecule has 0 aliphatic carbocycles. The molecule has 0 radical (unpaired) electrons. The molecule has 1 atom stereocenters. The molecule has 0 bridgehead atoms. The first-order chi connectivity index (χ1) is 14.6. The molecule has 162 valence electrons. The van der Waals surface area contributed by atoms with Gasteiger partial charge in [0.05, 0.1) is 19.8 Å². The highest BCUT2D eigenvalue weighted by Crippen LogP contribution is 2.15. The van der Waals surface area contributed by atoms with Crippen molar-refractivity contribution in [2.24, 2.45) is 0 Å². The van der Waals surface area contributed by atoms with E-state index in [1.54, 1.807) is 12.1 Å². The van der Waals surface area contributed by atoms with Crippen molar-refractivity contribution in [3.8, 4) is 5.75 Å². The summed E-state index contributed by atoms with van der Waals surface area (Å²) in [6, 6.07) is 16.2. The van der Waals surface area contributed by atoms with Crippen LogP contribution in [-0.4, -0.2) is 61.2 Å². The molecule has 0 saturated carbocycles. The van der Waals surface area contributed by atoms with Crippen molar-refractivity contribution in [1.82, 2.24) is 9.80 Å². The molecule has 0 aromatic heterocycles. The van der Waals surface area contributed by atoms with E-state index in [1.807, 2.05) is 23.1 Å². The normalized spacial score (nSPS) is 15.5. The van der Waals surface area contributed by atoms with Gasteiger partial charge < -0.3 is 14.4 Å². The minimum Gasteiger partial charge on any atom is -0.493 e. The molecule has 1 fully saturated rings. The van der Waals surface area contributed by atoms with E-state index < -0.39 is 0 Å². The van der Waals surface area contributed by atoms with Crippen molar-refractivity contribution in [3.05, 3.63) is 66.0 Å². The van der Waals surface area contributed by atoms with Crippen molar-refractivity contribution in [2.45, 2.75) is 32.4 Å². The van der Waals surface area contributed by atoms with E-state index in [4.69, 9.17) is 9.47 Å². The van der Waals surface area contributed by atoms with E-state index in [0.29, 0.717) is 31.7 Å². The van der Waals surface area contributed by atoms with Gasteiger partial charge in [-0.15, -0.1) is 0 Å². The first-order valence-electron chi connectivity index (χ1n) is 10.6. The van der Waals surface area contributed by atoms with Crippen LogP contribution < -0.4 is 4.74 Å². The third-order valence-corrected chi connectivity index (χ3v) is 5.27. The summed E-state index contributed by atoms with van der Waals surface area (Å²) >= 11 is 0. The van der Waals surface area contributed by atoms with E-state index >= 15 is 0 Å². The lowest BCUT2D eigenvalue weighted by atomic mass is 10.1. The highest BCUT2D eigenvalue weighted by Gasteiger charge is 2.23. The van der Waals surface area contributed by atoms with Crippen molar-refractivity contribution in [2.75, 3.05) is 39.5 Å². The van der Waals surface area contributed by atoms with Crippen molar-refractivity contribution < 1.29 is 18.7 Å². The maximum absolute atomic E-state index is 13.2. The Kier molecular flexibility index (Phi) is 8.66. The number of halogens is 1. The lowest BCUT2D eigenvalue weighted by molar-refractivity contribution is -0.134. The van der Waals surface area contributed by atoms with E-state index in [-0.39, 0.29) is 17.8 Å². The average molecular weight is 415 g/mol. The zero-order chi connectivity index (χ0) is 21.2. The Morgan fingerprint density at radius 1 is 1.17 bits per heavy atom. The maximum atomic E-state index is 13.2. The first kappa shape index (κ1) is 22.2. The number of ether oxygens (including phenoxy) is 2. The first-order valence-corrected chi connectivity index (χ1v) is 10.6. The van der Waals surface area contributed by atoms with E-state index in [9.17, 15) is 9.18 Å². The number of nitrogens with zero attached hydrogens (tertiary/aromatic N) is 2. The fraction of sp³-hybridized carbons (Fsp3) is 0.458. The third-order valence-electron chi connectivity index (χ3n) is 5.27. The molecule has 6 heteroatoms. The summed E-state index contributed by atoms with van der Waals surface area (Å²) < 4.78 is 24.3. The zero-order valence-electron chi connectivity index (χ0n) is 17.6. The zero-order valence-corrected chi connectivity index (χ0v) is 17.6. The van der Waals surface area contributed by atoms with Gasteiger partial charge in [-0.3, -0.25) is 9.69 Å². The summed E-state index contributed by atoms with van der Waals surface area (Å²) in [4.78, 5) is 17.4. The lowest BCUT2D eigenvalue weighted by Crippen LogP contribution is -2.48. The van der Waals surface area contributed by atoms with Gasteiger partial charge in [-0.2, -0.15) is 0 Å². The smallest absolute Gasteiger partial charge is 0.223 e. The maximum Gasteiger partial charge on any atom is 0.223 e. The van der Waals surface area contributed by atoms with Crippen LogP contribution in [-0.2, 0) is 16.1 Å². The van der Waals surface area contributed by atoms with Crippen LogP contribution in [0.15, 0.2) is 54.6 Å². The molecule has 0 N–H and O–H groups in total. The topological polar surface area (TPSA) is 42.0 Å². The minimum atomic E-state index is -0.324. The molecule has 1 unspecified atom stereocenters. The Balaban J connectivity index is 1.54. The highest BCUT2D eigenvalue weighted by molar-refractivity contribution is 5.76. The Hall–Kier alpha value is -2.44. The quantitative estimate of drug-likeness (QED) is 0.556. The van der Waals surface area contributed by atoms with Crippen molar-refractivity contribution >= 4 is 5.91 Å². The van der Waals surface area contributed by atoms with Gasteiger partial charge in [0.2, 0.25) is 5.91 Å². The molecule has 5 nitrogen and oxygen atoms in total. The minimum absolute atomic E-state index is 0.0972. The predicted octanol–water partition coefficient (Wildman–Crippen LogP) is 3.73. The molecule has 30 heavy (non-hydrogen) atoms. The number of morpholine rings is 1. The molecule has 1 aliphatic heterocycles. The molecule has 1 aliphatic rings. The SMILES string of the molecule is CC(CN1CCOCC1)N(Cc1ccccc1)C(=O)CCCOc1cccc(F)c1. The molecule has 2 aromatic rings. The van der Waals surface area contributed by atoms with E-state index in [0.717, 1.165) is 38.4 Å². The van der Waals surface area contributed by atoms with Crippen LogP contribution in [0.4, 0.5) is 4.39 Å². The molecule has 1 saturated heterocycles. The molecule has 0 spiro atoms. The number of carbonyl (C=O) groups is 1. The van der Waals surface area contributed by atoms with Crippen molar-refractivity contribution in [1.29, 1.82) is 0 Å². The van der Waals surface area contributed by atoms with Crippen LogP contribution in [0.5, 0.6) is 5.75 Å². The number of benzene rings is 2. The summed E-state index contributed by atoms with van der Waals surface area (Å²) in [6.07, 6.45) is 0.987. The predicted molar refractivity (Wildman–Crippen MR) is 115 cm³/mol. The van der Waals surface area contributed by atoms with Gasteiger partial charge in [0, 0.05) is 44.7 Å². The summed E-state index contributed by atoms with van der Waals surface area (Å²) in [5, 5.41) is 0. The van der Waals surface area contributed by atoms with Gasteiger partial charge in [-0.1, -0.05) is 36.4 Å². The fourth-order valence-corrected chi connectivity index (χ4v) is 3.64. The second kappa shape index (κ2) is 11.7. The monoisotopic (exact) mass is 414 g/mol. The average Bonchev–Trinajstić information content (AvgIpc) is 2.76. The highest BCUT2D eigenvalue weighted by atomic mass is 19.1. The number of rotatable bonds is 10. The second-order valence-electron chi connectivity index (χ2n) is 7.68. The number of amides is 1. The molecule has 1 heterocycles. The van der Waals surface area contributed by atoms with Crippen LogP contribution in [0.25, 0.3) is 0 Å². The Morgan fingerprint density at radius 2 is 1.93 bits per heavy atom. The summed E-state index contributed by atoms with van der Waals surface area (Å²) in [5.74, 6) is 0.279. The summed E-state index contributed by atoms with van der Waals surface area (Å²) in [7, 11) is 0. The van der Waals surface area contributed by atoms with Crippen LogP contribution in [0.2, 0.25) is 0 Å². The second-order valence-corrected chi connectivity index (χ2v) is 7.68. The molecule has 3 rings (SSSR count). The van der Waals surface area contributed by atoms with Gasteiger partial charge in [-0.05, 0) is 31.0 Å². The van der Waals surface area contributed by atoms with Crippen LogP contribution in [0, 0.1) is 5.82 Å². The van der Waals surface area contributed by atoms with Gasteiger partial charge in [0.1, 0.15) is 11.6 Å². The number of hydrogen-bond donors (Lipinski definition) is 0. The largest absolute Gasteiger partial charge is 0.493 e. The van der Waals surface area contributed by atoms with Crippen molar-refractivity contribution in [3.63, 3.8) is 0 Å². The molecule has 1 amide bonds. The van der Waals surface area contributed by atoms with Gasteiger partial charge in [0.15, 0.2) is 0 Å². The summed E-state index contributed by atoms with van der Waals surface area (Å²) in [5.41, 5.74) is 1.12. The summed E-state index contributed by atoms with van der Waals surface area (Å²) in [6.45, 7) is 7.22.